The summed E-state index contributed by atoms with van der Waals surface area (Å²) in [6, 6.07) is 0. The maximum absolute atomic E-state index is 6.05. The lowest BCUT2D eigenvalue weighted by Crippen LogP contribution is -2.47. The van der Waals surface area contributed by atoms with Crippen LogP contribution in [-0.4, -0.2) is 18.5 Å². The summed E-state index contributed by atoms with van der Waals surface area (Å²) in [5.41, 5.74) is 0.432. The summed E-state index contributed by atoms with van der Waals surface area (Å²) in [5, 5.41) is 0. The van der Waals surface area contributed by atoms with Crippen molar-refractivity contribution in [3.05, 3.63) is 0 Å². The van der Waals surface area contributed by atoms with Crippen LogP contribution in [0.2, 0.25) is 0 Å². The van der Waals surface area contributed by atoms with Gasteiger partial charge in [0.1, 0.15) is 0 Å². The fourth-order valence-electron chi connectivity index (χ4n) is 3.06. The van der Waals surface area contributed by atoms with E-state index in [1.165, 1.54) is 12.8 Å². The van der Waals surface area contributed by atoms with E-state index in [4.69, 9.17) is 9.47 Å². The lowest BCUT2D eigenvalue weighted by molar-refractivity contribution is -0.306. The molecule has 2 aliphatic rings. The molecule has 0 bridgehead atoms. The molecule has 0 aromatic rings. The fourth-order valence-corrected chi connectivity index (χ4v) is 3.06. The van der Waals surface area contributed by atoms with Crippen LogP contribution >= 0.6 is 0 Å². The molecule has 2 nitrogen and oxygen atoms in total. The second kappa shape index (κ2) is 4.30. The fraction of sp³-hybridized carbons (Fsp3) is 1.00. The quantitative estimate of drug-likeness (QED) is 0.626. The van der Waals surface area contributed by atoms with Crippen molar-refractivity contribution in [1.82, 2.24) is 0 Å². The van der Waals surface area contributed by atoms with Crippen molar-refractivity contribution in [2.45, 2.75) is 71.7 Å². The molecule has 0 radical (unpaired) electrons. The maximum Gasteiger partial charge on any atom is 0.168 e. The summed E-state index contributed by atoms with van der Waals surface area (Å²) < 4.78 is 12.0. The first kappa shape index (κ1) is 12.4. The van der Waals surface area contributed by atoms with Gasteiger partial charge in [0, 0.05) is 12.8 Å². The zero-order valence-electron chi connectivity index (χ0n) is 11.2. The van der Waals surface area contributed by atoms with Crippen molar-refractivity contribution in [1.29, 1.82) is 0 Å². The third-order valence-corrected chi connectivity index (χ3v) is 4.28. The summed E-state index contributed by atoms with van der Waals surface area (Å²) in [6.07, 6.45) is 6.08. The molecule has 2 fully saturated rings. The number of hydrogen-bond acceptors (Lipinski definition) is 2. The Hall–Kier alpha value is -0.0800. The van der Waals surface area contributed by atoms with E-state index in [0.717, 1.165) is 31.8 Å². The molecule has 0 aromatic heterocycles. The zero-order chi connectivity index (χ0) is 11.8. The highest BCUT2D eigenvalue weighted by Gasteiger charge is 2.42. The minimum absolute atomic E-state index is 0.223. The van der Waals surface area contributed by atoms with E-state index < -0.39 is 0 Å². The summed E-state index contributed by atoms with van der Waals surface area (Å²) >= 11 is 0. The van der Waals surface area contributed by atoms with E-state index in [1.54, 1.807) is 0 Å². The smallest absolute Gasteiger partial charge is 0.168 e. The average Bonchev–Trinajstić information content (AvgIpc) is 2.16. The molecule has 94 valence electrons. The standard InChI is InChI=1S/C14H26O2/c1-11-7-10-15-14(16-11)8-5-12(6-9-14)13(2,3)4/h11-12H,5-10H2,1-4H3/t11-,12?,14?/m0/s1. The van der Waals surface area contributed by atoms with Crippen LogP contribution in [-0.2, 0) is 9.47 Å². The van der Waals surface area contributed by atoms with Crippen LogP contribution in [0.15, 0.2) is 0 Å². The van der Waals surface area contributed by atoms with Crippen molar-refractivity contribution < 1.29 is 9.47 Å². The molecule has 0 N–H and O–H groups in total. The molecule has 1 atom stereocenters. The van der Waals surface area contributed by atoms with Gasteiger partial charge in [-0.3, -0.25) is 0 Å². The SMILES string of the molecule is C[C@H]1CCOC2(CCC(C(C)(C)C)CC2)O1. The molecule has 1 saturated heterocycles. The molecule has 0 amide bonds. The number of ether oxygens (including phenoxy) is 2. The van der Waals surface area contributed by atoms with E-state index in [9.17, 15) is 0 Å². The Bertz CT molecular complexity index is 234. The first-order valence-electron chi connectivity index (χ1n) is 6.73. The van der Waals surface area contributed by atoms with Gasteiger partial charge in [0.05, 0.1) is 12.7 Å². The van der Waals surface area contributed by atoms with Gasteiger partial charge in [0.25, 0.3) is 0 Å². The minimum atomic E-state index is -0.223. The summed E-state index contributed by atoms with van der Waals surface area (Å²) in [5.74, 6) is 0.599. The van der Waals surface area contributed by atoms with Gasteiger partial charge in [0.2, 0.25) is 0 Å². The van der Waals surface area contributed by atoms with Crippen LogP contribution in [0.1, 0.15) is 59.8 Å². The molecule has 0 unspecified atom stereocenters. The highest BCUT2D eigenvalue weighted by molar-refractivity contribution is 4.87. The normalized spacial score (nSPS) is 41.2. The number of hydrogen-bond donors (Lipinski definition) is 0. The average molecular weight is 226 g/mol. The topological polar surface area (TPSA) is 18.5 Å². The Balaban J connectivity index is 1.93. The van der Waals surface area contributed by atoms with Crippen molar-refractivity contribution in [3.63, 3.8) is 0 Å². The van der Waals surface area contributed by atoms with E-state index in [-0.39, 0.29) is 5.79 Å². The maximum atomic E-state index is 6.05. The Labute approximate surface area is 99.7 Å². The Morgan fingerprint density at radius 2 is 1.69 bits per heavy atom. The Kier molecular flexibility index (Phi) is 3.33. The predicted molar refractivity (Wildman–Crippen MR) is 65.3 cm³/mol. The third-order valence-electron chi connectivity index (χ3n) is 4.28. The summed E-state index contributed by atoms with van der Waals surface area (Å²) in [4.78, 5) is 0. The van der Waals surface area contributed by atoms with Gasteiger partial charge in [-0.15, -0.1) is 0 Å². The van der Waals surface area contributed by atoms with Crippen molar-refractivity contribution in [2.75, 3.05) is 6.61 Å². The molecular formula is C14H26O2. The van der Waals surface area contributed by atoms with E-state index in [2.05, 4.69) is 27.7 Å². The monoisotopic (exact) mass is 226 g/mol. The van der Waals surface area contributed by atoms with E-state index in [0.29, 0.717) is 11.5 Å². The van der Waals surface area contributed by atoms with E-state index >= 15 is 0 Å². The molecular weight excluding hydrogens is 200 g/mol. The first-order chi connectivity index (χ1) is 7.41. The molecule has 1 saturated carbocycles. The first-order valence-corrected chi connectivity index (χ1v) is 6.73. The highest BCUT2D eigenvalue weighted by atomic mass is 16.7. The number of rotatable bonds is 0. The Morgan fingerprint density at radius 1 is 1.06 bits per heavy atom. The van der Waals surface area contributed by atoms with Crippen molar-refractivity contribution >= 4 is 0 Å². The minimum Gasteiger partial charge on any atom is -0.350 e. The molecule has 2 heteroatoms. The summed E-state index contributed by atoms with van der Waals surface area (Å²) in [7, 11) is 0. The van der Waals surface area contributed by atoms with Crippen LogP contribution in [0.25, 0.3) is 0 Å². The second-order valence-electron chi connectivity index (χ2n) is 6.62. The molecule has 2 rings (SSSR count). The van der Waals surface area contributed by atoms with Gasteiger partial charge in [-0.1, -0.05) is 20.8 Å². The van der Waals surface area contributed by atoms with Crippen LogP contribution in [0.5, 0.6) is 0 Å². The second-order valence-corrected chi connectivity index (χ2v) is 6.62. The lowest BCUT2D eigenvalue weighted by atomic mass is 9.71. The molecule has 16 heavy (non-hydrogen) atoms. The van der Waals surface area contributed by atoms with Crippen LogP contribution < -0.4 is 0 Å². The van der Waals surface area contributed by atoms with Gasteiger partial charge >= 0.3 is 0 Å². The van der Waals surface area contributed by atoms with Gasteiger partial charge in [0.15, 0.2) is 5.79 Å². The predicted octanol–water partition coefficient (Wildman–Crippen LogP) is 3.74. The van der Waals surface area contributed by atoms with Gasteiger partial charge < -0.3 is 9.47 Å². The molecule has 1 aliphatic heterocycles. The van der Waals surface area contributed by atoms with Crippen LogP contribution in [0, 0.1) is 11.3 Å². The highest BCUT2D eigenvalue weighted by Crippen LogP contribution is 2.44. The van der Waals surface area contributed by atoms with Gasteiger partial charge in [-0.25, -0.2) is 0 Å². The molecule has 1 aliphatic carbocycles. The van der Waals surface area contributed by atoms with Gasteiger partial charge in [-0.05, 0) is 37.5 Å². The molecule has 1 spiro atoms. The Morgan fingerprint density at radius 3 is 2.19 bits per heavy atom. The third kappa shape index (κ3) is 2.60. The summed E-state index contributed by atoms with van der Waals surface area (Å²) in [6.45, 7) is 10.1. The van der Waals surface area contributed by atoms with E-state index in [1.807, 2.05) is 0 Å². The molecule has 1 heterocycles. The largest absolute Gasteiger partial charge is 0.350 e. The van der Waals surface area contributed by atoms with Crippen molar-refractivity contribution in [2.24, 2.45) is 11.3 Å². The van der Waals surface area contributed by atoms with Crippen molar-refractivity contribution in [3.8, 4) is 0 Å². The van der Waals surface area contributed by atoms with Gasteiger partial charge in [-0.2, -0.15) is 0 Å². The van der Waals surface area contributed by atoms with Crippen LogP contribution in [0.3, 0.4) is 0 Å². The molecule has 0 aromatic carbocycles. The lowest BCUT2D eigenvalue weighted by Gasteiger charge is -2.46. The zero-order valence-corrected chi connectivity index (χ0v) is 11.2. The van der Waals surface area contributed by atoms with Crippen LogP contribution in [0.4, 0.5) is 0 Å².